The molecule has 1 spiro atoms. The molecule has 2 N–H and O–H groups in total. The third-order valence-electron chi connectivity index (χ3n) is 8.88. The van der Waals surface area contributed by atoms with Crippen LogP contribution in [0, 0.1) is 17.8 Å². The number of carbonyl (C=O) groups excluding carboxylic acids is 2. The number of esters is 2. The minimum atomic E-state index is -0.800. The smallest absolute Gasteiger partial charge is 0.330 e. The van der Waals surface area contributed by atoms with Crippen molar-refractivity contribution < 1.29 is 38.7 Å². The van der Waals surface area contributed by atoms with Crippen LogP contribution in [0.25, 0.3) is 0 Å². The summed E-state index contributed by atoms with van der Waals surface area (Å²) in [7, 11) is 0. The Hall–Kier alpha value is -1.48. The zero-order valence-corrected chi connectivity index (χ0v) is 24.0. The van der Waals surface area contributed by atoms with E-state index in [2.05, 4.69) is 0 Å². The van der Waals surface area contributed by atoms with E-state index in [1.54, 1.807) is 6.92 Å². The van der Waals surface area contributed by atoms with Gasteiger partial charge in [0.1, 0.15) is 12.2 Å². The zero-order chi connectivity index (χ0) is 27.9. The van der Waals surface area contributed by atoms with Crippen LogP contribution >= 0.6 is 0 Å². The number of hydrogen-bond donors (Lipinski definition) is 2. The lowest BCUT2D eigenvalue weighted by atomic mass is 9.70. The van der Waals surface area contributed by atoms with E-state index in [4.69, 9.17) is 18.9 Å². The van der Waals surface area contributed by atoms with Gasteiger partial charge in [-0.05, 0) is 52.0 Å². The molecule has 1 aliphatic carbocycles. The van der Waals surface area contributed by atoms with E-state index in [0.717, 1.165) is 51.4 Å². The summed E-state index contributed by atoms with van der Waals surface area (Å²) in [6, 6.07) is 0. The quantitative estimate of drug-likeness (QED) is 0.231. The second-order valence-electron chi connectivity index (χ2n) is 11.9. The van der Waals surface area contributed by atoms with Crippen LogP contribution in [0.15, 0.2) is 12.2 Å². The molecule has 1 saturated carbocycles. The summed E-state index contributed by atoms with van der Waals surface area (Å²) < 4.78 is 25.6. The molecule has 2 aliphatic heterocycles. The minimum Gasteiger partial charge on any atom is -0.458 e. The van der Waals surface area contributed by atoms with Gasteiger partial charge in [-0.15, -0.1) is 0 Å². The summed E-state index contributed by atoms with van der Waals surface area (Å²) >= 11 is 0. The van der Waals surface area contributed by atoms with Crippen LogP contribution in [0.4, 0.5) is 0 Å². The average molecular weight is 539 g/mol. The first-order valence-electron chi connectivity index (χ1n) is 14.8. The second-order valence-corrected chi connectivity index (χ2v) is 11.9. The van der Waals surface area contributed by atoms with Crippen molar-refractivity contribution in [3.05, 3.63) is 12.2 Å². The third-order valence-corrected chi connectivity index (χ3v) is 8.88. The van der Waals surface area contributed by atoms with Gasteiger partial charge in [-0.25, -0.2) is 4.79 Å². The molecule has 0 aromatic carbocycles. The maximum atomic E-state index is 13.4. The Morgan fingerprint density at radius 3 is 2.53 bits per heavy atom. The van der Waals surface area contributed by atoms with Crippen molar-refractivity contribution in [2.24, 2.45) is 17.8 Å². The molecule has 2 saturated heterocycles. The number of carbonyl (C=O) groups is 2. The van der Waals surface area contributed by atoms with E-state index in [-0.39, 0.29) is 24.4 Å². The van der Waals surface area contributed by atoms with Crippen molar-refractivity contribution in [2.75, 3.05) is 6.61 Å². The van der Waals surface area contributed by atoms with Crippen molar-refractivity contribution >= 4 is 11.9 Å². The number of cyclic esters (lactones) is 1. The molecule has 8 heteroatoms. The van der Waals surface area contributed by atoms with Crippen LogP contribution in [0.3, 0.4) is 0 Å². The second kappa shape index (κ2) is 13.7. The molecule has 1 unspecified atom stereocenters. The number of rotatable bonds is 10. The highest BCUT2D eigenvalue weighted by molar-refractivity contribution is 5.82. The van der Waals surface area contributed by atoms with Crippen molar-refractivity contribution in [1.29, 1.82) is 0 Å². The summed E-state index contributed by atoms with van der Waals surface area (Å²) in [5.74, 6) is -2.60. The molecule has 8 nitrogen and oxygen atoms in total. The molecular weight excluding hydrogens is 488 g/mol. The summed E-state index contributed by atoms with van der Waals surface area (Å²) in [5.41, 5.74) is -0.800. The first-order valence-corrected chi connectivity index (χ1v) is 14.8. The molecule has 0 aromatic heterocycles. The number of hydrogen-bond acceptors (Lipinski definition) is 8. The van der Waals surface area contributed by atoms with Gasteiger partial charge in [-0.2, -0.15) is 0 Å². The highest BCUT2D eigenvalue weighted by atomic mass is 16.8. The molecule has 218 valence electrons. The Kier molecular flexibility index (Phi) is 11.2. The van der Waals surface area contributed by atoms with Crippen LogP contribution in [0.2, 0.25) is 0 Å². The number of aliphatic hydroxyl groups is 2. The molecule has 3 aliphatic rings. The predicted octanol–water partition coefficient (Wildman–Crippen LogP) is 4.84. The van der Waals surface area contributed by atoms with E-state index in [9.17, 15) is 19.8 Å². The van der Waals surface area contributed by atoms with E-state index in [1.165, 1.54) is 12.2 Å². The van der Waals surface area contributed by atoms with Gasteiger partial charge in [0.05, 0.1) is 23.7 Å². The Morgan fingerprint density at radius 2 is 1.87 bits per heavy atom. The fourth-order valence-corrected chi connectivity index (χ4v) is 6.76. The number of fused-ring (bicyclic) bond motifs is 1. The van der Waals surface area contributed by atoms with Crippen LogP contribution < -0.4 is 0 Å². The molecule has 8 atom stereocenters. The normalized spacial score (nSPS) is 36.2. The van der Waals surface area contributed by atoms with E-state index in [0.29, 0.717) is 19.3 Å². The molecule has 0 radical (unpaired) electrons. The van der Waals surface area contributed by atoms with Gasteiger partial charge in [0, 0.05) is 37.4 Å². The SMILES string of the molecule is CCCC[C@@H](O)/C=C/C(=O)O[C@H]1[C@H](C)[C@H]2OC3(CCCCC3)O[C@]2(C)C(CCCCO)[C@@H](C)C(=O)O[C@@H]1C. The monoisotopic (exact) mass is 538 g/mol. The first-order chi connectivity index (χ1) is 18.1. The van der Waals surface area contributed by atoms with Crippen molar-refractivity contribution in [2.45, 2.75) is 141 Å². The van der Waals surface area contributed by atoms with Crippen molar-refractivity contribution in [1.82, 2.24) is 0 Å². The molecule has 0 amide bonds. The highest BCUT2D eigenvalue weighted by Crippen LogP contribution is 2.53. The van der Waals surface area contributed by atoms with Crippen LogP contribution in [-0.4, -0.2) is 64.6 Å². The zero-order valence-electron chi connectivity index (χ0n) is 24.0. The Balaban J connectivity index is 1.92. The lowest BCUT2D eigenvalue weighted by Gasteiger charge is -2.41. The van der Waals surface area contributed by atoms with E-state index in [1.807, 2.05) is 27.7 Å². The third kappa shape index (κ3) is 7.18. The standard InChI is InChI=1S/C30H50O8/c1-6-7-13-23(32)15-16-25(33)36-26-21(3)27-29(5,38-30(37-27)17-10-8-11-18-30)24(14-9-12-19-31)20(2)28(34)35-22(26)4/h15-16,20-24,26-27,31-32H,6-14,17-19H2,1-5H3/b16-15+/t20-,21+,22-,23-,24?,26+,27-,29-/m1/s1. The van der Waals surface area contributed by atoms with Crippen LogP contribution in [0.1, 0.15) is 105 Å². The predicted molar refractivity (Wildman–Crippen MR) is 143 cm³/mol. The molecular formula is C30H50O8. The Morgan fingerprint density at radius 1 is 1.16 bits per heavy atom. The molecule has 3 fully saturated rings. The number of unbranched alkanes of at least 4 members (excludes halogenated alkanes) is 2. The van der Waals surface area contributed by atoms with Gasteiger partial charge < -0.3 is 29.2 Å². The van der Waals surface area contributed by atoms with Crippen molar-refractivity contribution in [3.8, 4) is 0 Å². The summed E-state index contributed by atoms with van der Waals surface area (Å²) in [6.07, 6.45) is 9.43. The van der Waals surface area contributed by atoms with Crippen LogP contribution in [0.5, 0.6) is 0 Å². The molecule has 0 aromatic rings. The van der Waals surface area contributed by atoms with Gasteiger partial charge >= 0.3 is 11.9 Å². The van der Waals surface area contributed by atoms with Crippen molar-refractivity contribution in [3.63, 3.8) is 0 Å². The average Bonchev–Trinajstić information content (AvgIpc) is 3.18. The van der Waals surface area contributed by atoms with Gasteiger partial charge in [-0.1, -0.05) is 46.5 Å². The molecule has 38 heavy (non-hydrogen) atoms. The minimum absolute atomic E-state index is 0.0963. The van der Waals surface area contributed by atoms with Gasteiger partial charge in [0.2, 0.25) is 0 Å². The lowest BCUT2D eigenvalue weighted by Crippen LogP contribution is -2.52. The summed E-state index contributed by atoms with van der Waals surface area (Å²) in [4.78, 5) is 26.2. The van der Waals surface area contributed by atoms with Gasteiger partial charge in [0.25, 0.3) is 0 Å². The highest BCUT2D eigenvalue weighted by Gasteiger charge is 2.62. The molecule has 0 bridgehead atoms. The van der Waals surface area contributed by atoms with E-state index < -0.39 is 47.7 Å². The largest absolute Gasteiger partial charge is 0.458 e. The fourth-order valence-electron chi connectivity index (χ4n) is 6.76. The maximum Gasteiger partial charge on any atom is 0.330 e. The van der Waals surface area contributed by atoms with Gasteiger partial charge in [0.15, 0.2) is 5.79 Å². The summed E-state index contributed by atoms with van der Waals surface area (Å²) in [6.45, 7) is 9.81. The topological polar surface area (TPSA) is 112 Å². The van der Waals surface area contributed by atoms with Crippen LogP contribution in [-0.2, 0) is 28.5 Å². The molecule has 2 heterocycles. The van der Waals surface area contributed by atoms with Gasteiger partial charge in [-0.3, -0.25) is 4.79 Å². The molecule has 3 rings (SSSR count). The first kappa shape index (κ1) is 31.1. The summed E-state index contributed by atoms with van der Waals surface area (Å²) in [5, 5.41) is 19.5. The number of aliphatic hydroxyl groups excluding tert-OH is 2. The Labute approximate surface area is 228 Å². The fraction of sp³-hybridized carbons (Fsp3) is 0.867. The van der Waals surface area contributed by atoms with E-state index >= 15 is 0 Å². The Bertz CT molecular complexity index is 806. The number of ether oxygens (including phenoxy) is 4. The maximum absolute atomic E-state index is 13.4. The lowest BCUT2D eigenvalue weighted by molar-refractivity contribution is -0.220.